The summed E-state index contributed by atoms with van der Waals surface area (Å²) in [6, 6.07) is 3.35. The zero-order chi connectivity index (χ0) is 13.8. The fraction of sp³-hybridized carbons (Fsp3) is 0.308. The molecular formula is C13H16N4OS. The summed E-state index contributed by atoms with van der Waals surface area (Å²) in [5.41, 5.74) is 7.90. The predicted octanol–water partition coefficient (Wildman–Crippen LogP) is 1.92. The second-order valence-electron chi connectivity index (χ2n) is 4.17. The third-order valence-electron chi connectivity index (χ3n) is 2.62. The minimum atomic E-state index is -0.158. The van der Waals surface area contributed by atoms with Crippen LogP contribution in [0.15, 0.2) is 17.5 Å². The van der Waals surface area contributed by atoms with Gasteiger partial charge in [0.05, 0.1) is 17.2 Å². The van der Waals surface area contributed by atoms with Crippen LogP contribution in [-0.2, 0) is 13.0 Å². The zero-order valence-electron chi connectivity index (χ0n) is 10.9. The average Bonchev–Trinajstić information content (AvgIpc) is 2.81. The minimum Gasteiger partial charge on any atom is -0.384 e. The van der Waals surface area contributed by atoms with Crippen molar-refractivity contribution >= 4 is 23.1 Å². The van der Waals surface area contributed by atoms with Crippen LogP contribution < -0.4 is 11.1 Å². The molecule has 2 aromatic rings. The maximum Gasteiger partial charge on any atom is 0.251 e. The van der Waals surface area contributed by atoms with Crippen LogP contribution in [0.4, 0.5) is 5.82 Å². The largest absolute Gasteiger partial charge is 0.384 e. The van der Waals surface area contributed by atoms with Gasteiger partial charge in [0, 0.05) is 16.6 Å². The van der Waals surface area contributed by atoms with Crippen molar-refractivity contribution < 1.29 is 4.79 Å². The van der Waals surface area contributed by atoms with E-state index in [9.17, 15) is 4.79 Å². The fourth-order valence-corrected chi connectivity index (χ4v) is 2.30. The molecule has 0 atom stereocenters. The molecule has 0 unspecified atom stereocenters. The Hall–Kier alpha value is -1.95. The SMILES string of the molecule is CCc1cc(C(=O)NCc2csc(C)n2)cc(N)n1. The zero-order valence-corrected chi connectivity index (χ0v) is 11.8. The lowest BCUT2D eigenvalue weighted by molar-refractivity contribution is 0.0950. The lowest BCUT2D eigenvalue weighted by Crippen LogP contribution is -2.23. The van der Waals surface area contributed by atoms with Gasteiger partial charge in [0.1, 0.15) is 5.82 Å². The van der Waals surface area contributed by atoms with E-state index in [-0.39, 0.29) is 5.91 Å². The number of aromatic nitrogens is 2. The molecule has 6 heteroatoms. The van der Waals surface area contributed by atoms with Gasteiger partial charge in [-0.2, -0.15) is 0 Å². The third-order valence-corrected chi connectivity index (χ3v) is 3.44. The van der Waals surface area contributed by atoms with Gasteiger partial charge in [-0.3, -0.25) is 4.79 Å². The number of aryl methyl sites for hydroxylation is 2. The molecule has 0 fully saturated rings. The molecular weight excluding hydrogens is 260 g/mol. The van der Waals surface area contributed by atoms with Crippen LogP contribution in [0.2, 0.25) is 0 Å². The van der Waals surface area contributed by atoms with Crippen LogP contribution >= 0.6 is 11.3 Å². The number of hydrogen-bond donors (Lipinski definition) is 2. The summed E-state index contributed by atoms with van der Waals surface area (Å²) >= 11 is 1.57. The first-order valence-corrected chi connectivity index (χ1v) is 6.92. The second kappa shape index (κ2) is 5.79. The topological polar surface area (TPSA) is 80.9 Å². The Balaban J connectivity index is 2.05. The van der Waals surface area contributed by atoms with Gasteiger partial charge in [0.15, 0.2) is 0 Å². The van der Waals surface area contributed by atoms with Crippen LogP contribution in [-0.4, -0.2) is 15.9 Å². The molecule has 2 aromatic heterocycles. The Bertz CT molecular complexity index is 594. The molecule has 19 heavy (non-hydrogen) atoms. The van der Waals surface area contributed by atoms with E-state index in [0.29, 0.717) is 17.9 Å². The number of carbonyl (C=O) groups is 1. The normalized spacial score (nSPS) is 10.4. The van der Waals surface area contributed by atoms with Crippen molar-refractivity contribution in [2.75, 3.05) is 5.73 Å². The van der Waals surface area contributed by atoms with E-state index in [1.165, 1.54) is 0 Å². The highest BCUT2D eigenvalue weighted by molar-refractivity contribution is 7.09. The minimum absolute atomic E-state index is 0.158. The molecule has 0 aliphatic rings. The molecule has 100 valence electrons. The molecule has 0 radical (unpaired) electrons. The van der Waals surface area contributed by atoms with E-state index in [4.69, 9.17) is 5.73 Å². The summed E-state index contributed by atoms with van der Waals surface area (Å²) in [5, 5.41) is 5.76. The van der Waals surface area contributed by atoms with Crippen molar-refractivity contribution in [3.63, 3.8) is 0 Å². The summed E-state index contributed by atoms with van der Waals surface area (Å²) in [6.45, 7) is 4.33. The van der Waals surface area contributed by atoms with Crippen LogP contribution in [0.1, 0.15) is 33.7 Å². The molecule has 0 spiro atoms. The monoisotopic (exact) mass is 276 g/mol. The Morgan fingerprint density at radius 1 is 1.37 bits per heavy atom. The Morgan fingerprint density at radius 2 is 2.16 bits per heavy atom. The molecule has 2 heterocycles. The molecule has 2 rings (SSSR count). The van der Waals surface area contributed by atoms with Gasteiger partial charge in [0.2, 0.25) is 0 Å². The van der Waals surface area contributed by atoms with Gasteiger partial charge in [-0.1, -0.05) is 6.92 Å². The number of rotatable bonds is 4. The number of nitrogens with zero attached hydrogens (tertiary/aromatic N) is 2. The van der Waals surface area contributed by atoms with E-state index in [2.05, 4.69) is 15.3 Å². The van der Waals surface area contributed by atoms with Crippen molar-refractivity contribution in [2.24, 2.45) is 0 Å². The number of nitrogen functional groups attached to an aromatic ring is 1. The number of thiazole rings is 1. The Morgan fingerprint density at radius 3 is 2.79 bits per heavy atom. The van der Waals surface area contributed by atoms with Crippen LogP contribution in [0, 0.1) is 6.92 Å². The number of pyridine rings is 1. The smallest absolute Gasteiger partial charge is 0.251 e. The van der Waals surface area contributed by atoms with E-state index in [1.807, 2.05) is 19.2 Å². The molecule has 0 saturated heterocycles. The van der Waals surface area contributed by atoms with Crippen molar-refractivity contribution in [1.29, 1.82) is 0 Å². The molecule has 0 aliphatic carbocycles. The molecule has 0 saturated carbocycles. The maximum absolute atomic E-state index is 12.0. The lowest BCUT2D eigenvalue weighted by Gasteiger charge is -2.06. The Labute approximate surface area is 115 Å². The lowest BCUT2D eigenvalue weighted by atomic mass is 10.2. The highest BCUT2D eigenvalue weighted by Gasteiger charge is 2.09. The molecule has 5 nitrogen and oxygen atoms in total. The Kier molecular flexibility index (Phi) is 4.11. The maximum atomic E-state index is 12.0. The number of nitrogens with one attached hydrogen (secondary N) is 1. The molecule has 1 amide bonds. The van der Waals surface area contributed by atoms with E-state index < -0.39 is 0 Å². The second-order valence-corrected chi connectivity index (χ2v) is 5.23. The van der Waals surface area contributed by atoms with Crippen LogP contribution in [0.3, 0.4) is 0 Å². The van der Waals surface area contributed by atoms with Gasteiger partial charge >= 0.3 is 0 Å². The molecule has 0 aliphatic heterocycles. The first-order valence-electron chi connectivity index (χ1n) is 6.04. The average molecular weight is 276 g/mol. The number of carbonyl (C=O) groups excluding carboxylic acids is 1. The van der Waals surface area contributed by atoms with Gasteiger partial charge in [0.25, 0.3) is 5.91 Å². The number of anilines is 1. The standard InChI is InChI=1S/C13H16N4OS/c1-3-10-4-9(5-12(14)17-10)13(18)15-6-11-7-19-8(2)16-11/h4-5,7H,3,6H2,1-2H3,(H2,14,17)(H,15,18). The van der Waals surface area contributed by atoms with E-state index in [0.717, 1.165) is 22.8 Å². The first-order chi connectivity index (χ1) is 9.08. The van der Waals surface area contributed by atoms with Crippen molar-refractivity contribution in [3.8, 4) is 0 Å². The highest BCUT2D eigenvalue weighted by Crippen LogP contribution is 2.10. The van der Waals surface area contributed by atoms with Gasteiger partial charge in [-0.05, 0) is 25.5 Å². The van der Waals surface area contributed by atoms with Crippen molar-refractivity contribution in [1.82, 2.24) is 15.3 Å². The highest BCUT2D eigenvalue weighted by atomic mass is 32.1. The molecule has 0 aromatic carbocycles. The number of amides is 1. The van der Waals surface area contributed by atoms with Crippen molar-refractivity contribution in [2.45, 2.75) is 26.8 Å². The summed E-state index contributed by atoms with van der Waals surface area (Å²) < 4.78 is 0. The van der Waals surface area contributed by atoms with Crippen LogP contribution in [0.25, 0.3) is 0 Å². The van der Waals surface area contributed by atoms with Crippen LogP contribution in [0.5, 0.6) is 0 Å². The van der Waals surface area contributed by atoms with Gasteiger partial charge < -0.3 is 11.1 Å². The number of nitrogens with two attached hydrogens (primary N) is 1. The summed E-state index contributed by atoms with van der Waals surface area (Å²) in [6.07, 6.45) is 0.747. The molecule has 3 N–H and O–H groups in total. The van der Waals surface area contributed by atoms with Gasteiger partial charge in [-0.15, -0.1) is 11.3 Å². The summed E-state index contributed by atoms with van der Waals surface area (Å²) in [7, 11) is 0. The van der Waals surface area contributed by atoms with E-state index >= 15 is 0 Å². The summed E-state index contributed by atoms with van der Waals surface area (Å²) in [5.74, 6) is 0.212. The predicted molar refractivity (Wildman–Crippen MR) is 76.0 cm³/mol. The number of hydrogen-bond acceptors (Lipinski definition) is 5. The van der Waals surface area contributed by atoms with E-state index in [1.54, 1.807) is 23.5 Å². The first kappa shape index (κ1) is 13.5. The van der Waals surface area contributed by atoms with Crippen molar-refractivity contribution in [3.05, 3.63) is 39.5 Å². The van der Waals surface area contributed by atoms with Gasteiger partial charge in [-0.25, -0.2) is 9.97 Å². The third kappa shape index (κ3) is 3.51. The quantitative estimate of drug-likeness (QED) is 0.894. The summed E-state index contributed by atoms with van der Waals surface area (Å²) in [4.78, 5) is 20.5. The molecule has 0 bridgehead atoms. The fourth-order valence-electron chi connectivity index (χ4n) is 1.69.